The number of rotatable bonds is 11. The van der Waals surface area contributed by atoms with Crippen molar-refractivity contribution in [2.24, 2.45) is 23.7 Å². The van der Waals surface area contributed by atoms with Crippen LogP contribution in [0.5, 0.6) is 0 Å². The Balaban J connectivity index is 1.26. The zero-order chi connectivity index (χ0) is 21.7. The molecule has 4 aliphatic rings. The molecule has 0 saturated heterocycles. The highest BCUT2D eigenvalue weighted by atomic mass is 16.4. The van der Waals surface area contributed by atoms with Crippen LogP contribution >= 0.6 is 0 Å². The fraction of sp³-hybridized carbons (Fsp3) is 0.870. The first-order chi connectivity index (χ1) is 14.2. The number of aliphatic carboxylic acids is 1. The summed E-state index contributed by atoms with van der Waals surface area (Å²) in [6.45, 7) is 4.48. The molecule has 4 bridgehead atoms. The van der Waals surface area contributed by atoms with Crippen molar-refractivity contribution in [3.8, 4) is 0 Å². The molecule has 4 rings (SSSR count). The van der Waals surface area contributed by atoms with E-state index in [2.05, 4.69) is 16.0 Å². The SMILES string of the molecule is CC(C)C[C@H](NC(=O)CCCCCNC(=O)NC12CC3CC(CC(C3)C1)C2)C(=O)O. The Morgan fingerprint density at radius 2 is 1.57 bits per heavy atom. The first-order valence-corrected chi connectivity index (χ1v) is 11.8. The quantitative estimate of drug-likeness (QED) is 0.383. The standard InChI is InChI=1S/C23H39N3O4/c1-15(2)8-19(21(28)29)25-20(27)6-4-3-5-7-24-22(30)26-23-12-16-9-17(13-23)11-18(10-16)14-23/h15-19H,3-14H2,1-2H3,(H,25,27)(H,28,29)(H2,24,26,30)/t16?,17?,18?,19-,23?/m0/s1. The average Bonchev–Trinajstić information content (AvgIpc) is 2.62. The second kappa shape index (κ2) is 10.0. The number of hydrogen-bond acceptors (Lipinski definition) is 3. The van der Waals surface area contributed by atoms with Crippen LogP contribution in [0.4, 0.5) is 4.79 Å². The second-order valence-electron chi connectivity index (χ2n) is 10.5. The van der Waals surface area contributed by atoms with E-state index >= 15 is 0 Å². The van der Waals surface area contributed by atoms with Gasteiger partial charge in [0.05, 0.1) is 0 Å². The molecule has 4 N–H and O–H groups in total. The molecule has 3 amide bonds. The van der Waals surface area contributed by atoms with Crippen molar-refractivity contribution in [3.63, 3.8) is 0 Å². The Kier molecular flexibility index (Phi) is 7.64. The fourth-order valence-electron chi connectivity index (χ4n) is 6.30. The third kappa shape index (κ3) is 6.35. The first kappa shape index (κ1) is 22.9. The molecule has 7 nitrogen and oxygen atoms in total. The lowest BCUT2D eigenvalue weighted by molar-refractivity contribution is -0.142. The minimum atomic E-state index is -0.980. The van der Waals surface area contributed by atoms with Crippen LogP contribution in [-0.2, 0) is 9.59 Å². The largest absolute Gasteiger partial charge is 0.480 e. The van der Waals surface area contributed by atoms with E-state index in [1.165, 1.54) is 19.3 Å². The Labute approximate surface area is 180 Å². The highest BCUT2D eigenvalue weighted by Gasteiger charge is 2.51. The van der Waals surface area contributed by atoms with Crippen LogP contribution in [0.1, 0.15) is 84.5 Å². The molecule has 0 spiro atoms. The van der Waals surface area contributed by atoms with E-state index in [9.17, 15) is 19.5 Å². The number of nitrogens with one attached hydrogen (secondary N) is 3. The van der Waals surface area contributed by atoms with Crippen molar-refractivity contribution in [1.82, 2.24) is 16.0 Å². The zero-order valence-electron chi connectivity index (χ0n) is 18.5. The third-order valence-electron chi connectivity index (χ3n) is 7.12. The number of hydrogen-bond donors (Lipinski definition) is 4. The van der Waals surface area contributed by atoms with Gasteiger partial charge in [-0.2, -0.15) is 0 Å². The number of carboxylic acid groups (broad SMARTS) is 1. The van der Waals surface area contributed by atoms with Crippen molar-refractivity contribution in [2.75, 3.05) is 6.54 Å². The van der Waals surface area contributed by atoms with Crippen molar-refractivity contribution in [2.45, 2.75) is 96.1 Å². The number of carboxylic acids is 1. The topological polar surface area (TPSA) is 108 Å². The van der Waals surface area contributed by atoms with Crippen LogP contribution in [0.3, 0.4) is 0 Å². The van der Waals surface area contributed by atoms with Crippen molar-refractivity contribution in [3.05, 3.63) is 0 Å². The van der Waals surface area contributed by atoms with Crippen LogP contribution in [0, 0.1) is 23.7 Å². The second-order valence-corrected chi connectivity index (χ2v) is 10.5. The van der Waals surface area contributed by atoms with Crippen LogP contribution in [0.15, 0.2) is 0 Å². The molecule has 0 heterocycles. The molecule has 0 radical (unpaired) electrons. The maximum Gasteiger partial charge on any atom is 0.326 e. The van der Waals surface area contributed by atoms with Crippen molar-refractivity contribution >= 4 is 17.9 Å². The maximum absolute atomic E-state index is 12.4. The summed E-state index contributed by atoms with van der Waals surface area (Å²) < 4.78 is 0. The number of amides is 3. The highest BCUT2D eigenvalue weighted by Crippen LogP contribution is 2.55. The van der Waals surface area contributed by atoms with Gasteiger partial charge in [0, 0.05) is 18.5 Å². The lowest BCUT2D eigenvalue weighted by Crippen LogP contribution is -2.61. The number of carbonyl (C=O) groups is 3. The van der Waals surface area contributed by atoms with Gasteiger partial charge in [-0.25, -0.2) is 9.59 Å². The molecule has 30 heavy (non-hydrogen) atoms. The van der Waals surface area contributed by atoms with Gasteiger partial charge in [0.1, 0.15) is 6.04 Å². The van der Waals surface area contributed by atoms with E-state index in [-0.39, 0.29) is 23.4 Å². The smallest absolute Gasteiger partial charge is 0.326 e. The summed E-state index contributed by atoms with van der Waals surface area (Å²) in [4.78, 5) is 35.6. The van der Waals surface area contributed by atoms with Crippen LogP contribution < -0.4 is 16.0 Å². The molecule has 4 saturated carbocycles. The zero-order valence-corrected chi connectivity index (χ0v) is 18.5. The molecular formula is C23H39N3O4. The van der Waals surface area contributed by atoms with Gasteiger partial charge in [0.15, 0.2) is 0 Å². The fourth-order valence-corrected chi connectivity index (χ4v) is 6.30. The normalized spacial score (nSPS) is 30.2. The number of carbonyl (C=O) groups excluding carboxylic acids is 2. The van der Waals surface area contributed by atoms with Gasteiger partial charge in [-0.05, 0) is 81.5 Å². The minimum absolute atomic E-state index is 0.0353. The maximum atomic E-state index is 12.4. The Hall–Kier alpha value is -1.79. The molecule has 4 fully saturated rings. The van der Waals surface area contributed by atoms with Gasteiger partial charge in [0.25, 0.3) is 0 Å². The number of urea groups is 1. The van der Waals surface area contributed by atoms with Crippen molar-refractivity contribution in [1.29, 1.82) is 0 Å². The summed E-state index contributed by atoms with van der Waals surface area (Å²) in [7, 11) is 0. The summed E-state index contributed by atoms with van der Waals surface area (Å²) in [6.07, 6.45) is 10.6. The summed E-state index contributed by atoms with van der Waals surface area (Å²) in [6, 6.07) is -0.861. The lowest BCUT2D eigenvalue weighted by Gasteiger charge is -2.56. The van der Waals surface area contributed by atoms with Gasteiger partial charge in [-0.1, -0.05) is 20.3 Å². The summed E-state index contributed by atoms with van der Waals surface area (Å²) in [5.41, 5.74) is 0.0353. The van der Waals surface area contributed by atoms with Gasteiger partial charge in [-0.15, -0.1) is 0 Å². The Bertz CT molecular complexity index is 599. The van der Waals surface area contributed by atoms with Crippen LogP contribution in [-0.4, -0.2) is 41.1 Å². The third-order valence-corrected chi connectivity index (χ3v) is 7.12. The highest BCUT2D eigenvalue weighted by molar-refractivity contribution is 5.83. The van der Waals surface area contributed by atoms with Crippen LogP contribution in [0.2, 0.25) is 0 Å². The van der Waals surface area contributed by atoms with E-state index in [0.29, 0.717) is 25.8 Å². The van der Waals surface area contributed by atoms with E-state index in [1.54, 1.807) is 0 Å². The van der Waals surface area contributed by atoms with Gasteiger partial charge in [0.2, 0.25) is 5.91 Å². The van der Waals surface area contributed by atoms with E-state index in [4.69, 9.17) is 0 Å². The van der Waals surface area contributed by atoms with Crippen molar-refractivity contribution < 1.29 is 19.5 Å². The summed E-state index contributed by atoms with van der Waals surface area (Å²) >= 11 is 0. The molecule has 4 aliphatic carbocycles. The predicted octanol–water partition coefficient (Wildman–Crippen LogP) is 3.43. The predicted molar refractivity (Wildman–Crippen MR) is 115 cm³/mol. The molecule has 170 valence electrons. The molecule has 0 unspecified atom stereocenters. The molecule has 0 aromatic heterocycles. The molecule has 0 aromatic carbocycles. The van der Waals surface area contributed by atoms with Gasteiger partial charge in [-0.3, -0.25) is 4.79 Å². The molecule has 7 heteroatoms. The molecule has 0 aliphatic heterocycles. The Morgan fingerprint density at radius 3 is 2.10 bits per heavy atom. The lowest BCUT2D eigenvalue weighted by atomic mass is 9.53. The summed E-state index contributed by atoms with van der Waals surface area (Å²) in [5, 5.41) is 18.1. The molecule has 1 atom stereocenters. The summed E-state index contributed by atoms with van der Waals surface area (Å²) in [5.74, 6) is 1.45. The van der Waals surface area contributed by atoms with Gasteiger partial charge < -0.3 is 21.1 Å². The molecule has 0 aromatic rings. The van der Waals surface area contributed by atoms with Gasteiger partial charge >= 0.3 is 12.0 Å². The Morgan fingerprint density at radius 1 is 0.967 bits per heavy atom. The van der Waals surface area contributed by atoms with Crippen LogP contribution in [0.25, 0.3) is 0 Å². The first-order valence-electron chi connectivity index (χ1n) is 11.8. The van der Waals surface area contributed by atoms with E-state index in [1.807, 2.05) is 13.8 Å². The number of unbranched alkanes of at least 4 members (excludes halogenated alkanes) is 2. The monoisotopic (exact) mass is 421 g/mol. The van der Waals surface area contributed by atoms with E-state index < -0.39 is 12.0 Å². The molecular weight excluding hydrogens is 382 g/mol. The van der Waals surface area contributed by atoms with E-state index in [0.717, 1.165) is 49.9 Å². The minimum Gasteiger partial charge on any atom is -0.480 e. The average molecular weight is 422 g/mol.